The Kier molecular flexibility index (Phi) is 8.26. The third-order valence-corrected chi connectivity index (χ3v) is 9.48. The molecule has 184 valence electrons. The maximum absolute atomic E-state index is 14.8. The topological polar surface area (TPSA) is 97.4 Å². The predicted octanol–water partition coefficient (Wildman–Crippen LogP) is 5.41. The number of hydrogen-bond donors (Lipinski definition) is 0. The molecular weight excluding hydrogens is 459 g/mol. The number of carbonyl (C=O) groups excluding carboxylic acids is 2. The molecule has 2 aromatic carbocycles. The standard InChI is InChI=1S/C25H31O8P/c1-29-16-11-12-19(20(13-16)31-3)24(26)34(28,18-9-7-6-8-10-18)25(27)23-21(32-4)14-17(30-2)15-22(23)33-5/h11-15,18H,6-10H2,1-5H3. The Hall–Kier alpha value is -2.99. The van der Waals surface area contributed by atoms with Crippen molar-refractivity contribution in [3.05, 3.63) is 41.5 Å². The normalized spacial score (nSPS) is 15.7. The second-order valence-corrected chi connectivity index (χ2v) is 10.9. The summed E-state index contributed by atoms with van der Waals surface area (Å²) in [7, 11) is 2.98. The smallest absolute Gasteiger partial charge is 0.236 e. The van der Waals surface area contributed by atoms with E-state index < -0.39 is 23.8 Å². The molecule has 34 heavy (non-hydrogen) atoms. The van der Waals surface area contributed by atoms with E-state index in [0.29, 0.717) is 24.3 Å². The summed E-state index contributed by atoms with van der Waals surface area (Å²) in [6, 6.07) is 7.64. The summed E-state index contributed by atoms with van der Waals surface area (Å²) in [4.78, 5) is 28.1. The van der Waals surface area contributed by atoms with Gasteiger partial charge in [0.05, 0.1) is 41.1 Å². The van der Waals surface area contributed by atoms with Crippen molar-refractivity contribution in [2.24, 2.45) is 0 Å². The molecule has 1 aliphatic rings. The zero-order valence-electron chi connectivity index (χ0n) is 20.2. The van der Waals surface area contributed by atoms with Gasteiger partial charge in [-0.25, -0.2) is 0 Å². The van der Waals surface area contributed by atoms with Crippen LogP contribution in [0, 0.1) is 0 Å². The van der Waals surface area contributed by atoms with Gasteiger partial charge in [-0.05, 0) is 25.0 Å². The van der Waals surface area contributed by atoms with Crippen LogP contribution in [0.25, 0.3) is 0 Å². The maximum atomic E-state index is 14.8. The van der Waals surface area contributed by atoms with E-state index in [4.69, 9.17) is 23.7 Å². The Bertz CT molecular complexity index is 1080. The van der Waals surface area contributed by atoms with E-state index in [9.17, 15) is 14.2 Å². The minimum absolute atomic E-state index is 0.0273. The molecule has 0 aliphatic heterocycles. The molecule has 8 nitrogen and oxygen atoms in total. The molecule has 0 N–H and O–H groups in total. The van der Waals surface area contributed by atoms with Crippen molar-refractivity contribution < 1.29 is 37.8 Å². The largest absolute Gasteiger partial charge is 0.497 e. The lowest BCUT2D eigenvalue weighted by atomic mass is 10.0. The molecule has 0 aromatic heterocycles. The molecule has 0 spiro atoms. The number of benzene rings is 2. The van der Waals surface area contributed by atoms with Crippen molar-refractivity contribution in [2.75, 3.05) is 35.5 Å². The molecule has 1 unspecified atom stereocenters. The first-order valence-corrected chi connectivity index (χ1v) is 12.8. The fourth-order valence-electron chi connectivity index (χ4n) is 4.41. The number of methoxy groups -OCH3 is 5. The average Bonchev–Trinajstić information content (AvgIpc) is 2.90. The lowest BCUT2D eigenvalue weighted by molar-refractivity contribution is 0.103. The predicted molar refractivity (Wildman–Crippen MR) is 129 cm³/mol. The quantitative estimate of drug-likeness (QED) is 0.408. The molecule has 1 atom stereocenters. The average molecular weight is 490 g/mol. The minimum Gasteiger partial charge on any atom is -0.497 e. The fraction of sp³-hybridized carbons (Fsp3) is 0.440. The van der Waals surface area contributed by atoms with Crippen molar-refractivity contribution in [1.29, 1.82) is 0 Å². The van der Waals surface area contributed by atoms with Crippen LogP contribution in [0.2, 0.25) is 0 Å². The summed E-state index contributed by atoms with van der Waals surface area (Å²) < 4.78 is 41.5. The van der Waals surface area contributed by atoms with Crippen LogP contribution in [0.1, 0.15) is 52.8 Å². The van der Waals surface area contributed by atoms with Gasteiger partial charge in [-0.2, -0.15) is 0 Å². The lowest BCUT2D eigenvalue weighted by Crippen LogP contribution is -2.25. The van der Waals surface area contributed by atoms with E-state index in [1.807, 2.05) is 0 Å². The van der Waals surface area contributed by atoms with Gasteiger partial charge < -0.3 is 28.2 Å². The van der Waals surface area contributed by atoms with Gasteiger partial charge in [-0.15, -0.1) is 0 Å². The van der Waals surface area contributed by atoms with Crippen LogP contribution in [-0.2, 0) is 4.57 Å². The second-order valence-electron chi connectivity index (χ2n) is 8.03. The highest BCUT2D eigenvalue weighted by atomic mass is 31.2. The number of rotatable bonds is 10. The minimum atomic E-state index is -4.19. The first-order valence-electron chi connectivity index (χ1n) is 11.1. The van der Waals surface area contributed by atoms with Crippen LogP contribution in [0.15, 0.2) is 30.3 Å². The molecule has 0 radical (unpaired) electrons. The molecule has 9 heteroatoms. The molecule has 0 amide bonds. The highest BCUT2D eigenvalue weighted by Gasteiger charge is 2.50. The second kappa shape index (κ2) is 11.0. The molecule has 1 saturated carbocycles. The Morgan fingerprint density at radius 2 is 1.24 bits per heavy atom. The van der Waals surface area contributed by atoms with E-state index in [1.165, 1.54) is 59.8 Å². The zero-order chi connectivity index (χ0) is 24.9. The van der Waals surface area contributed by atoms with Crippen LogP contribution >= 0.6 is 7.14 Å². The summed E-state index contributed by atoms with van der Waals surface area (Å²) in [5.41, 5.74) is -2.04. The SMILES string of the molecule is COc1ccc(C(=O)P(=O)(C(=O)c2c(OC)cc(OC)cc2OC)C2CCCCC2)c(OC)c1. The Morgan fingerprint density at radius 1 is 0.706 bits per heavy atom. The summed E-state index contributed by atoms with van der Waals surface area (Å²) >= 11 is 0. The maximum Gasteiger partial charge on any atom is 0.236 e. The molecule has 0 heterocycles. The highest BCUT2D eigenvalue weighted by Crippen LogP contribution is 2.62. The van der Waals surface area contributed by atoms with Gasteiger partial charge in [0, 0.05) is 23.9 Å². The summed E-state index contributed by atoms with van der Waals surface area (Å²) in [5.74, 6) is 1.34. The van der Waals surface area contributed by atoms with Gasteiger partial charge >= 0.3 is 0 Å². The van der Waals surface area contributed by atoms with Crippen LogP contribution in [-0.4, -0.2) is 52.3 Å². The van der Waals surface area contributed by atoms with Crippen molar-refractivity contribution in [3.8, 4) is 28.7 Å². The lowest BCUT2D eigenvalue weighted by Gasteiger charge is -2.29. The summed E-state index contributed by atoms with van der Waals surface area (Å²) in [5, 5.41) is 0. The van der Waals surface area contributed by atoms with Crippen LogP contribution in [0.3, 0.4) is 0 Å². The molecule has 0 bridgehead atoms. The Labute approximate surface area is 199 Å². The van der Waals surface area contributed by atoms with Gasteiger partial charge in [0.1, 0.15) is 34.3 Å². The summed E-state index contributed by atoms with van der Waals surface area (Å²) in [6.45, 7) is 0. The number of hydrogen-bond acceptors (Lipinski definition) is 8. The van der Waals surface area contributed by atoms with E-state index >= 15 is 0 Å². The zero-order valence-corrected chi connectivity index (χ0v) is 21.1. The molecular formula is C25H31O8P. The van der Waals surface area contributed by atoms with Crippen molar-refractivity contribution in [3.63, 3.8) is 0 Å². The third kappa shape index (κ3) is 4.64. The fourth-order valence-corrected chi connectivity index (χ4v) is 7.44. The monoisotopic (exact) mass is 490 g/mol. The van der Waals surface area contributed by atoms with Crippen molar-refractivity contribution in [1.82, 2.24) is 0 Å². The van der Waals surface area contributed by atoms with Gasteiger partial charge in [-0.1, -0.05) is 19.3 Å². The summed E-state index contributed by atoms with van der Waals surface area (Å²) in [6.07, 6.45) is 3.61. The first kappa shape index (κ1) is 25.6. The van der Waals surface area contributed by atoms with Gasteiger partial charge in [-0.3, -0.25) is 9.59 Å². The molecule has 1 aliphatic carbocycles. The van der Waals surface area contributed by atoms with Gasteiger partial charge in [0.25, 0.3) is 0 Å². The van der Waals surface area contributed by atoms with Gasteiger partial charge in [0.15, 0.2) is 0 Å². The Morgan fingerprint density at radius 3 is 1.74 bits per heavy atom. The molecule has 0 saturated heterocycles. The third-order valence-electron chi connectivity index (χ3n) is 6.26. The van der Waals surface area contributed by atoms with E-state index in [0.717, 1.165) is 19.3 Å². The van der Waals surface area contributed by atoms with E-state index in [1.54, 1.807) is 6.07 Å². The van der Waals surface area contributed by atoms with Crippen LogP contribution < -0.4 is 23.7 Å². The first-order chi connectivity index (χ1) is 16.3. The van der Waals surface area contributed by atoms with Crippen molar-refractivity contribution in [2.45, 2.75) is 37.8 Å². The molecule has 1 fully saturated rings. The molecule has 3 rings (SSSR count). The Balaban J connectivity index is 2.22. The van der Waals surface area contributed by atoms with Crippen molar-refractivity contribution >= 4 is 18.2 Å². The highest BCUT2D eigenvalue weighted by molar-refractivity contribution is 7.96. The number of carbonyl (C=O) groups is 2. The van der Waals surface area contributed by atoms with Gasteiger partial charge in [0.2, 0.25) is 18.2 Å². The van der Waals surface area contributed by atoms with E-state index in [2.05, 4.69) is 0 Å². The van der Waals surface area contributed by atoms with Crippen LogP contribution in [0.5, 0.6) is 28.7 Å². The van der Waals surface area contributed by atoms with E-state index in [-0.39, 0.29) is 28.4 Å². The number of ether oxygens (including phenoxy) is 5. The molecule has 2 aromatic rings. The van der Waals surface area contributed by atoms with Crippen LogP contribution in [0.4, 0.5) is 0 Å².